The molecule has 5 heteroatoms. The molecule has 1 fully saturated rings. The van der Waals surface area contributed by atoms with Gasteiger partial charge in [0.25, 0.3) is 0 Å². The van der Waals surface area contributed by atoms with Gasteiger partial charge >= 0.3 is 0 Å². The molecule has 2 aromatic heterocycles. The van der Waals surface area contributed by atoms with Gasteiger partial charge in [0.15, 0.2) is 18.0 Å². The molecule has 2 bridgehead atoms. The van der Waals surface area contributed by atoms with Crippen LogP contribution in [0.1, 0.15) is 59.7 Å². The number of quaternary nitrogens is 2. The number of rotatable bonds is 4. The van der Waals surface area contributed by atoms with E-state index in [1.807, 2.05) is 6.20 Å². The Morgan fingerprint density at radius 3 is 2.05 bits per heavy atom. The summed E-state index contributed by atoms with van der Waals surface area (Å²) >= 11 is 0. The Kier molecular flexibility index (Phi) is 7.53. The van der Waals surface area contributed by atoms with Crippen molar-refractivity contribution in [3.8, 4) is 16.9 Å². The number of aryl methyl sites for hydroxylation is 2. The van der Waals surface area contributed by atoms with Crippen LogP contribution in [0.3, 0.4) is 0 Å². The van der Waals surface area contributed by atoms with Crippen LogP contribution in [-0.4, -0.2) is 23.3 Å². The Morgan fingerprint density at radius 1 is 0.696 bits per heavy atom. The molecule has 8 aromatic rings. The number of benzene rings is 6. The molecule has 0 saturated carbocycles. The number of aromatic nitrogens is 2. The SMILES string of the molecule is Cc1cc2c(cc1C)[N@@+]1(C)[CH-][N@+]2(c2[c-]c(C3(c4[c-]c5c(cc4)c4ccccc4n5-c4cc(C(C)(C)C)ccn4)c4ccccc4-c4ccccc43)ccc2)C1.[Pt]. The number of hydrogen-bond donors (Lipinski definition) is 0. The van der Waals surface area contributed by atoms with E-state index in [0.717, 1.165) is 39.1 Å². The molecule has 5 heterocycles. The monoisotopic (exact) mass is 906 g/mol. The van der Waals surface area contributed by atoms with Crippen LogP contribution in [0.15, 0.2) is 134 Å². The van der Waals surface area contributed by atoms with E-state index < -0.39 is 5.41 Å². The molecule has 1 aliphatic carbocycles. The molecule has 0 spiro atoms. The largest absolute Gasteiger partial charge is 0.325 e. The van der Waals surface area contributed by atoms with Crippen LogP contribution in [0.25, 0.3) is 38.8 Å². The van der Waals surface area contributed by atoms with E-state index in [1.54, 1.807) is 0 Å². The van der Waals surface area contributed by atoms with Crippen LogP contribution in [0.4, 0.5) is 17.1 Å². The average molecular weight is 907 g/mol. The standard InChI is InChI=1S/C51H43N4.Pt/c1-33-26-47-48(27-34(33)2)55(31-54(47,6)32-55)38-15-13-14-36(28-38)51(43-19-10-7-16-39(43)40-17-8-11-20-44(40)51)37-22-23-42-41-18-9-12-21-45(41)53(46(42)29-37)49-30-35(24-25-52-49)50(3,4)5;/h7-27,30-31H,32H2,1-6H3;/q-1;/t54-,55+;/m0./s1. The molecule has 56 heavy (non-hydrogen) atoms. The minimum absolute atomic E-state index is 0. The van der Waals surface area contributed by atoms with E-state index in [2.05, 4.69) is 192 Å². The van der Waals surface area contributed by atoms with Gasteiger partial charge in [0.05, 0.1) is 13.7 Å². The van der Waals surface area contributed by atoms with Crippen molar-refractivity contribution in [1.29, 1.82) is 0 Å². The minimum atomic E-state index is -0.660. The van der Waals surface area contributed by atoms with Crippen LogP contribution in [0, 0.1) is 32.6 Å². The number of hydrogen-bond acceptors (Lipinski definition) is 1. The van der Waals surface area contributed by atoms with E-state index in [9.17, 15) is 0 Å². The second kappa shape index (κ2) is 11.9. The van der Waals surface area contributed by atoms with Crippen LogP contribution in [0.5, 0.6) is 0 Å². The van der Waals surface area contributed by atoms with Gasteiger partial charge in [0, 0.05) is 56.0 Å². The van der Waals surface area contributed by atoms with E-state index in [1.165, 1.54) is 66.8 Å². The second-order valence-electron chi connectivity index (χ2n) is 17.2. The van der Waals surface area contributed by atoms with Crippen molar-refractivity contribution in [3.63, 3.8) is 0 Å². The summed E-state index contributed by atoms with van der Waals surface area (Å²) in [5.41, 5.74) is 16.6. The van der Waals surface area contributed by atoms with Gasteiger partial charge in [0.1, 0.15) is 5.82 Å². The fourth-order valence-corrected chi connectivity index (χ4v) is 10.2. The van der Waals surface area contributed by atoms with Gasteiger partial charge < -0.3 is 13.5 Å². The average Bonchev–Trinajstić information content (AvgIpc) is 3.83. The van der Waals surface area contributed by atoms with E-state index in [0.29, 0.717) is 4.48 Å². The van der Waals surface area contributed by atoms with Crippen molar-refractivity contribution in [3.05, 3.63) is 191 Å². The van der Waals surface area contributed by atoms with Crippen LogP contribution in [0.2, 0.25) is 0 Å². The Bertz CT molecular complexity index is 2880. The summed E-state index contributed by atoms with van der Waals surface area (Å²) in [5.74, 6) is 0.908. The van der Waals surface area contributed by atoms with Crippen molar-refractivity contribution in [2.24, 2.45) is 0 Å². The topological polar surface area (TPSA) is 17.8 Å². The van der Waals surface area contributed by atoms with E-state index >= 15 is 0 Å². The molecule has 278 valence electrons. The van der Waals surface area contributed by atoms with Gasteiger partial charge in [-0.3, -0.25) is 0 Å². The number of fused-ring (bicyclic) bond motifs is 6. The third kappa shape index (κ3) is 4.55. The molecule has 3 aliphatic heterocycles. The summed E-state index contributed by atoms with van der Waals surface area (Å²) in [5, 5.41) is 2.36. The van der Waals surface area contributed by atoms with Crippen molar-refractivity contribution in [2.45, 2.75) is 45.4 Å². The molecule has 0 amide bonds. The maximum absolute atomic E-state index is 5.00. The van der Waals surface area contributed by atoms with Gasteiger partial charge in [0.2, 0.25) is 0 Å². The fourth-order valence-electron chi connectivity index (χ4n) is 10.2. The molecular formula is C51H43N4Pt-. The predicted molar refractivity (Wildman–Crippen MR) is 227 cm³/mol. The first-order chi connectivity index (χ1) is 26.5. The first kappa shape index (κ1) is 35.3. The summed E-state index contributed by atoms with van der Waals surface area (Å²) < 4.78 is 3.86. The maximum Gasteiger partial charge on any atom is 0.179 e. The van der Waals surface area contributed by atoms with E-state index in [4.69, 9.17) is 4.98 Å². The second-order valence-corrected chi connectivity index (χ2v) is 17.2. The summed E-state index contributed by atoms with van der Waals surface area (Å²) in [7, 11) is 2.33. The summed E-state index contributed by atoms with van der Waals surface area (Å²) in [6, 6.07) is 55.6. The smallest absolute Gasteiger partial charge is 0.179 e. The summed E-state index contributed by atoms with van der Waals surface area (Å²) in [4.78, 5) is 5.00. The quantitative estimate of drug-likeness (QED) is 0.127. The summed E-state index contributed by atoms with van der Waals surface area (Å²) in [6.45, 7) is 14.7. The zero-order valence-corrected chi connectivity index (χ0v) is 34.9. The minimum Gasteiger partial charge on any atom is -0.325 e. The van der Waals surface area contributed by atoms with Crippen molar-refractivity contribution in [2.75, 3.05) is 13.7 Å². The third-order valence-electron chi connectivity index (χ3n) is 12.9. The van der Waals surface area contributed by atoms with Gasteiger partial charge in [-0.15, -0.1) is 28.6 Å². The predicted octanol–water partition coefficient (Wildman–Crippen LogP) is 11.7. The molecule has 6 aromatic carbocycles. The van der Waals surface area contributed by atoms with Crippen molar-refractivity contribution in [1.82, 2.24) is 18.5 Å². The number of nitrogens with zero attached hydrogens (tertiary/aromatic N) is 4. The maximum atomic E-state index is 5.00. The molecule has 4 aliphatic rings. The van der Waals surface area contributed by atoms with Gasteiger partial charge in [-0.25, -0.2) is 4.98 Å². The Morgan fingerprint density at radius 2 is 1.34 bits per heavy atom. The zero-order chi connectivity index (χ0) is 37.5. The number of pyridine rings is 1. The first-order valence-electron chi connectivity index (χ1n) is 19.4. The third-order valence-corrected chi connectivity index (χ3v) is 12.9. The molecule has 0 radical (unpaired) electrons. The number of para-hydroxylation sites is 1. The molecule has 0 N–H and O–H groups in total. The molecule has 4 nitrogen and oxygen atoms in total. The molecular weight excluding hydrogens is 864 g/mol. The van der Waals surface area contributed by atoms with Gasteiger partial charge in [-0.2, -0.15) is 30.3 Å². The summed E-state index contributed by atoms with van der Waals surface area (Å²) in [6.07, 6.45) is 1.95. The molecule has 2 atom stereocenters. The first-order valence-corrected chi connectivity index (χ1v) is 19.4. The zero-order valence-electron chi connectivity index (χ0n) is 32.6. The Balaban J connectivity index is 0.00000384. The Labute approximate surface area is 344 Å². The Hall–Kier alpha value is -5.12. The molecule has 0 unspecified atom stereocenters. The van der Waals surface area contributed by atoms with Crippen molar-refractivity contribution < 1.29 is 21.1 Å². The van der Waals surface area contributed by atoms with Crippen LogP contribution >= 0.6 is 0 Å². The normalized spacial score (nSPS) is 20.0. The molecule has 1 saturated heterocycles. The fraction of sp³-hybridized carbons (Fsp3) is 0.176. The van der Waals surface area contributed by atoms with Crippen LogP contribution in [-0.2, 0) is 31.9 Å². The van der Waals surface area contributed by atoms with Gasteiger partial charge in [-0.05, 0) is 81.8 Å². The van der Waals surface area contributed by atoms with Gasteiger partial charge in [-0.1, -0.05) is 93.0 Å². The van der Waals surface area contributed by atoms with Crippen molar-refractivity contribution >= 4 is 38.9 Å². The van der Waals surface area contributed by atoms with E-state index in [-0.39, 0.29) is 26.5 Å². The van der Waals surface area contributed by atoms with Crippen LogP contribution < -0.4 is 8.97 Å². The molecule has 12 rings (SSSR count).